The summed E-state index contributed by atoms with van der Waals surface area (Å²) in [5, 5.41) is 2.91. The summed E-state index contributed by atoms with van der Waals surface area (Å²) < 4.78 is 31.5. The van der Waals surface area contributed by atoms with E-state index < -0.39 is 47.6 Å². The molecule has 2 heterocycles. The van der Waals surface area contributed by atoms with Gasteiger partial charge in [-0.2, -0.15) is 0 Å². The summed E-state index contributed by atoms with van der Waals surface area (Å²) in [4.78, 5) is 102. The second-order valence-electron chi connectivity index (χ2n) is 12.8. The zero-order valence-electron chi connectivity index (χ0n) is 32.8. The molecule has 18 heteroatoms. The number of hydrazine groups is 1. The Labute approximate surface area is 339 Å². The predicted molar refractivity (Wildman–Crippen MR) is 206 cm³/mol. The molecule has 1 aromatic rings. The molecule has 0 N–H and O–H groups in total. The number of rotatable bonds is 22. The van der Waals surface area contributed by atoms with E-state index in [-0.39, 0.29) is 80.3 Å². The minimum atomic E-state index is -0.795. The maximum Gasteiger partial charge on any atom is 0.333 e. The van der Waals surface area contributed by atoms with Crippen molar-refractivity contribution in [3.05, 3.63) is 45.7 Å². The van der Waals surface area contributed by atoms with Crippen molar-refractivity contribution in [1.29, 1.82) is 0 Å². The lowest BCUT2D eigenvalue weighted by Crippen LogP contribution is -2.42. The second-order valence-corrected chi connectivity index (χ2v) is 15.1. The summed E-state index contributed by atoms with van der Waals surface area (Å²) in [7, 11) is 0. The first-order valence-corrected chi connectivity index (χ1v) is 20.0. The number of nitrogens with zero attached hydrogens (tertiary/aromatic N) is 2. The monoisotopic (exact) mass is 832 g/mol. The number of hydrogen-bond donors (Lipinski definition) is 0. The molecule has 2 amide bonds. The summed E-state index contributed by atoms with van der Waals surface area (Å²) in [6, 6.07) is 1.45. The Morgan fingerprint density at radius 3 is 1.51 bits per heavy atom. The molecule has 0 aliphatic carbocycles. The van der Waals surface area contributed by atoms with Crippen molar-refractivity contribution in [3.8, 4) is 11.5 Å². The molecule has 0 unspecified atom stereocenters. The van der Waals surface area contributed by atoms with Gasteiger partial charge in [0.2, 0.25) is 0 Å². The van der Waals surface area contributed by atoms with Gasteiger partial charge < -0.3 is 28.4 Å². The Kier molecular flexibility index (Phi) is 18.3. The van der Waals surface area contributed by atoms with Crippen LogP contribution in [0.15, 0.2) is 50.0 Å². The number of unbranched alkanes of at least 4 members (excludes halogenated alkanes) is 2. The lowest BCUT2D eigenvalue weighted by atomic mass is 10.2. The van der Waals surface area contributed by atoms with Crippen molar-refractivity contribution < 1.29 is 66.8 Å². The maximum absolute atomic E-state index is 13.8. The fourth-order valence-corrected chi connectivity index (χ4v) is 7.66. The predicted octanol–water partition coefficient (Wildman–Crippen LogP) is 5.29. The molecule has 0 bridgehead atoms. The minimum absolute atomic E-state index is 0.0416. The Bertz CT molecular complexity index is 1790. The lowest BCUT2D eigenvalue weighted by Gasteiger charge is -2.27. The van der Waals surface area contributed by atoms with Gasteiger partial charge >= 0.3 is 35.8 Å². The van der Waals surface area contributed by atoms with E-state index in [9.17, 15) is 38.4 Å². The van der Waals surface area contributed by atoms with Crippen molar-refractivity contribution in [2.75, 3.05) is 39.5 Å². The molecule has 1 saturated heterocycles. The SMILES string of the molecule is C=C(C)C(=O)OCCOC(=O)CCC(=O)Oc1cc(C)c(OC(=O)CCC(=O)OCCOC(=O)C(=C)C)c2c1SC(=C1C(=O)N(CCCC)N(CCCC)C1=O)S2. The Morgan fingerprint density at radius 2 is 1.05 bits per heavy atom. The molecule has 3 rings (SSSR count). The fourth-order valence-electron chi connectivity index (χ4n) is 4.94. The van der Waals surface area contributed by atoms with Crippen LogP contribution in [0.1, 0.15) is 84.6 Å². The molecule has 2 aliphatic heterocycles. The highest BCUT2D eigenvalue weighted by atomic mass is 32.2. The van der Waals surface area contributed by atoms with Crippen LogP contribution in [0.2, 0.25) is 0 Å². The van der Waals surface area contributed by atoms with Gasteiger partial charge in [0.05, 0.1) is 39.7 Å². The van der Waals surface area contributed by atoms with Crippen LogP contribution in [0.5, 0.6) is 11.5 Å². The van der Waals surface area contributed by atoms with Crippen LogP contribution < -0.4 is 9.47 Å². The van der Waals surface area contributed by atoms with Crippen LogP contribution in [0.25, 0.3) is 0 Å². The third-order valence-corrected chi connectivity index (χ3v) is 10.5. The average molecular weight is 833 g/mol. The highest BCUT2D eigenvalue weighted by Gasteiger charge is 2.45. The Morgan fingerprint density at radius 1 is 0.632 bits per heavy atom. The molecule has 0 saturated carbocycles. The molecule has 57 heavy (non-hydrogen) atoms. The van der Waals surface area contributed by atoms with Crippen molar-refractivity contribution in [1.82, 2.24) is 10.0 Å². The van der Waals surface area contributed by atoms with Gasteiger partial charge in [-0.3, -0.25) is 28.8 Å². The van der Waals surface area contributed by atoms with E-state index in [1.54, 1.807) is 6.92 Å². The van der Waals surface area contributed by atoms with E-state index in [1.165, 1.54) is 29.9 Å². The van der Waals surface area contributed by atoms with E-state index in [1.807, 2.05) is 13.8 Å². The topological polar surface area (TPSA) is 198 Å². The highest BCUT2D eigenvalue weighted by molar-refractivity contribution is 8.25. The number of carbonyl (C=O) groups excluding carboxylic acids is 8. The molecular formula is C39H48N2O14S2. The fraction of sp³-hybridized carbons (Fsp3) is 0.487. The average Bonchev–Trinajstić information content (AvgIpc) is 3.70. The first kappa shape index (κ1) is 46.3. The van der Waals surface area contributed by atoms with Gasteiger partial charge in [0.15, 0.2) is 0 Å². The first-order chi connectivity index (χ1) is 27.1. The molecule has 0 atom stereocenters. The van der Waals surface area contributed by atoms with E-state index >= 15 is 0 Å². The van der Waals surface area contributed by atoms with Gasteiger partial charge in [0.25, 0.3) is 11.8 Å². The van der Waals surface area contributed by atoms with Crippen LogP contribution >= 0.6 is 23.5 Å². The molecule has 0 spiro atoms. The van der Waals surface area contributed by atoms with Crippen LogP contribution in [0, 0.1) is 6.92 Å². The van der Waals surface area contributed by atoms with E-state index in [2.05, 4.69) is 13.2 Å². The van der Waals surface area contributed by atoms with Crippen molar-refractivity contribution in [2.45, 2.75) is 95.8 Å². The van der Waals surface area contributed by atoms with Crippen LogP contribution in [0.3, 0.4) is 0 Å². The molecule has 2 aliphatic rings. The molecule has 1 aromatic carbocycles. The lowest BCUT2D eigenvalue weighted by molar-refractivity contribution is -0.151. The number of ether oxygens (including phenoxy) is 6. The van der Waals surface area contributed by atoms with Crippen LogP contribution in [-0.2, 0) is 57.3 Å². The van der Waals surface area contributed by atoms with Crippen molar-refractivity contribution in [3.63, 3.8) is 0 Å². The molecular weight excluding hydrogens is 785 g/mol. The number of amides is 2. The molecule has 0 aromatic heterocycles. The largest absolute Gasteiger partial charge is 0.462 e. The Hall–Kier alpha value is -5.10. The number of carbonyl (C=O) groups is 8. The second kappa shape index (κ2) is 22.6. The maximum atomic E-state index is 13.8. The number of esters is 6. The van der Waals surface area contributed by atoms with Gasteiger partial charge in [-0.1, -0.05) is 63.4 Å². The number of fused-ring (bicyclic) bond motifs is 1. The normalized spacial score (nSPS) is 13.3. The highest BCUT2D eigenvalue weighted by Crippen LogP contribution is 2.60. The number of thioether (sulfide) groups is 2. The third kappa shape index (κ3) is 13.5. The zero-order chi connectivity index (χ0) is 42.2. The smallest absolute Gasteiger partial charge is 0.333 e. The molecule has 0 radical (unpaired) electrons. The van der Waals surface area contributed by atoms with Gasteiger partial charge in [-0.15, -0.1) is 0 Å². The van der Waals surface area contributed by atoms with Gasteiger partial charge in [-0.25, -0.2) is 19.6 Å². The summed E-state index contributed by atoms with van der Waals surface area (Å²) in [5.74, 6) is -5.13. The number of aryl methyl sites for hydroxylation is 1. The molecule has 310 valence electrons. The van der Waals surface area contributed by atoms with Crippen LogP contribution in [-0.4, -0.2) is 97.2 Å². The first-order valence-electron chi connectivity index (χ1n) is 18.4. The quantitative estimate of drug-likeness (QED) is 0.0365. The summed E-state index contributed by atoms with van der Waals surface area (Å²) in [6.07, 6.45) is 1.53. The Balaban J connectivity index is 1.81. The summed E-state index contributed by atoms with van der Waals surface area (Å²) in [6.45, 7) is 15.3. The minimum Gasteiger partial charge on any atom is -0.462 e. The van der Waals surface area contributed by atoms with Crippen molar-refractivity contribution >= 4 is 71.2 Å². The molecule has 1 fully saturated rings. The summed E-state index contributed by atoms with van der Waals surface area (Å²) >= 11 is 2.03. The van der Waals surface area contributed by atoms with E-state index in [0.717, 1.165) is 36.4 Å². The van der Waals surface area contributed by atoms with Gasteiger partial charge in [0.1, 0.15) is 43.5 Å². The number of benzene rings is 1. The third-order valence-electron chi connectivity index (χ3n) is 7.93. The zero-order valence-corrected chi connectivity index (χ0v) is 34.5. The van der Waals surface area contributed by atoms with E-state index in [0.29, 0.717) is 45.5 Å². The number of hydrogen-bond acceptors (Lipinski definition) is 16. The van der Waals surface area contributed by atoms with Crippen molar-refractivity contribution in [2.24, 2.45) is 0 Å². The standard InChI is InChI=1S/C39H48N2O14S2/c1-8-10-16-40-35(46)31(36(47)41(40)17-11-9-2)39-56-33-26(54-29(44)14-12-27(42)50-18-20-52-37(48)23(3)4)22-25(7)32(34(33)57-39)55-30(45)15-13-28(43)51-19-21-53-38(49)24(5)6/h22H,3,5,8-21H2,1-2,4,6-7H3. The molecule has 16 nitrogen and oxygen atoms in total. The summed E-state index contributed by atoms with van der Waals surface area (Å²) in [5.41, 5.74) is 0.677. The van der Waals surface area contributed by atoms with Gasteiger partial charge in [0, 0.05) is 24.2 Å². The van der Waals surface area contributed by atoms with Crippen LogP contribution in [0.4, 0.5) is 0 Å². The van der Waals surface area contributed by atoms with Gasteiger partial charge in [-0.05, 0) is 45.2 Å². The van der Waals surface area contributed by atoms with E-state index in [4.69, 9.17) is 28.4 Å².